The Morgan fingerprint density at radius 3 is 2.59 bits per heavy atom. The molecule has 1 aromatic heterocycles. The summed E-state index contributed by atoms with van der Waals surface area (Å²) in [6.07, 6.45) is 1.37. The molecule has 17 heavy (non-hydrogen) atoms. The summed E-state index contributed by atoms with van der Waals surface area (Å²) in [5.41, 5.74) is 2.41. The number of anilines is 2. The van der Waals surface area contributed by atoms with Crippen LogP contribution < -0.4 is 16.6 Å². The first kappa shape index (κ1) is 13.2. The lowest BCUT2D eigenvalue weighted by molar-refractivity contribution is -0.128. The molecule has 0 aliphatic heterocycles. The van der Waals surface area contributed by atoms with Crippen LogP contribution in [0.25, 0.3) is 0 Å². The molecule has 94 valence electrons. The van der Waals surface area contributed by atoms with Gasteiger partial charge in [-0.05, 0) is 13.8 Å². The monoisotopic (exact) mass is 238 g/mol. The van der Waals surface area contributed by atoms with Crippen LogP contribution in [0.2, 0.25) is 0 Å². The first-order chi connectivity index (χ1) is 8.21. The van der Waals surface area contributed by atoms with Gasteiger partial charge in [0.15, 0.2) is 0 Å². The molecular formula is C10H18N6O. The lowest BCUT2D eigenvalue weighted by Gasteiger charge is -2.18. The zero-order chi connectivity index (χ0) is 12.7. The molecule has 0 saturated carbocycles. The maximum atomic E-state index is 11.7. The van der Waals surface area contributed by atoms with Gasteiger partial charge < -0.3 is 15.6 Å². The Labute approximate surface area is 100 Å². The SMILES string of the molecule is CCN(CC)C(=O)CNc1cc(NN)ncn1. The molecule has 1 aromatic rings. The molecule has 0 atom stereocenters. The summed E-state index contributed by atoms with van der Waals surface area (Å²) >= 11 is 0. The first-order valence-corrected chi connectivity index (χ1v) is 5.51. The minimum absolute atomic E-state index is 0.0378. The molecule has 0 spiro atoms. The third kappa shape index (κ3) is 3.87. The third-order valence-electron chi connectivity index (χ3n) is 2.35. The fourth-order valence-electron chi connectivity index (χ4n) is 1.39. The number of amides is 1. The highest BCUT2D eigenvalue weighted by Gasteiger charge is 2.09. The fraction of sp³-hybridized carbons (Fsp3) is 0.500. The van der Waals surface area contributed by atoms with E-state index in [9.17, 15) is 4.79 Å². The molecule has 1 heterocycles. The number of carbonyl (C=O) groups is 1. The maximum Gasteiger partial charge on any atom is 0.241 e. The summed E-state index contributed by atoms with van der Waals surface area (Å²) in [5, 5.41) is 2.93. The summed E-state index contributed by atoms with van der Waals surface area (Å²) in [4.78, 5) is 21.3. The quantitative estimate of drug-likeness (QED) is 0.478. The van der Waals surface area contributed by atoms with Crippen LogP contribution in [0.15, 0.2) is 12.4 Å². The van der Waals surface area contributed by atoms with Gasteiger partial charge >= 0.3 is 0 Å². The molecule has 1 amide bonds. The molecule has 7 heteroatoms. The van der Waals surface area contributed by atoms with Crippen LogP contribution in [0.5, 0.6) is 0 Å². The molecular weight excluding hydrogens is 220 g/mol. The van der Waals surface area contributed by atoms with Crippen molar-refractivity contribution in [2.24, 2.45) is 5.84 Å². The van der Waals surface area contributed by atoms with Gasteiger partial charge in [-0.25, -0.2) is 15.8 Å². The van der Waals surface area contributed by atoms with Crippen LogP contribution in [0.3, 0.4) is 0 Å². The molecule has 0 unspecified atom stereocenters. The van der Waals surface area contributed by atoms with Gasteiger partial charge in [0.05, 0.1) is 6.54 Å². The van der Waals surface area contributed by atoms with E-state index in [2.05, 4.69) is 20.7 Å². The number of rotatable bonds is 6. The molecule has 0 aromatic carbocycles. The van der Waals surface area contributed by atoms with Crippen LogP contribution in [-0.2, 0) is 4.79 Å². The van der Waals surface area contributed by atoms with E-state index >= 15 is 0 Å². The van der Waals surface area contributed by atoms with Crippen LogP contribution in [0.1, 0.15) is 13.8 Å². The van der Waals surface area contributed by atoms with Crippen molar-refractivity contribution in [1.29, 1.82) is 0 Å². The minimum Gasteiger partial charge on any atom is -0.361 e. The van der Waals surface area contributed by atoms with Crippen LogP contribution in [0, 0.1) is 0 Å². The molecule has 0 aliphatic rings. The topological polar surface area (TPSA) is 96.2 Å². The number of carbonyl (C=O) groups excluding carboxylic acids is 1. The minimum atomic E-state index is 0.0378. The van der Waals surface area contributed by atoms with E-state index in [1.54, 1.807) is 11.0 Å². The number of hydrogen-bond acceptors (Lipinski definition) is 6. The number of aromatic nitrogens is 2. The van der Waals surface area contributed by atoms with Gasteiger partial charge in [0.2, 0.25) is 5.91 Å². The Morgan fingerprint density at radius 2 is 2.00 bits per heavy atom. The third-order valence-corrected chi connectivity index (χ3v) is 2.35. The van der Waals surface area contributed by atoms with E-state index < -0.39 is 0 Å². The molecule has 0 radical (unpaired) electrons. The highest BCUT2D eigenvalue weighted by molar-refractivity contribution is 5.80. The van der Waals surface area contributed by atoms with Crippen LogP contribution in [0.4, 0.5) is 11.6 Å². The summed E-state index contributed by atoms with van der Waals surface area (Å²) in [7, 11) is 0. The highest BCUT2D eigenvalue weighted by Crippen LogP contribution is 2.06. The Kier molecular flexibility index (Phi) is 5.15. The van der Waals surface area contributed by atoms with Gasteiger partial charge in [-0.3, -0.25) is 4.79 Å². The Bertz CT molecular complexity index is 366. The molecule has 0 aliphatic carbocycles. The van der Waals surface area contributed by atoms with Crippen LogP contribution in [-0.4, -0.2) is 40.4 Å². The summed E-state index contributed by atoms with van der Waals surface area (Å²) in [6.45, 7) is 5.51. The Hall–Kier alpha value is -1.89. The second kappa shape index (κ2) is 6.64. The largest absolute Gasteiger partial charge is 0.361 e. The van der Waals surface area contributed by atoms with Crippen molar-refractivity contribution in [1.82, 2.24) is 14.9 Å². The van der Waals surface area contributed by atoms with Crippen molar-refractivity contribution in [2.75, 3.05) is 30.4 Å². The standard InChI is InChI=1S/C10H18N6O/c1-3-16(4-2)10(17)6-12-8-5-9(15-11)14-7-13-8/h5,7H,3-4,6,11H2,1-2H3,(H2,12,13,14,15). The second-order valence-electron chi connectivity index (χ2n) is 3.35. The average Bonchev–Trinajstić information content (AvgIpc) is 2.38. The van der Waals surface area contributed by atoms with Gasteiger partial charge in [0.25, 0.3) is 0 Å². The van der Waals surface area contributed by atoms with E-state index in [1.807, 2.05) is 13.8 Å². The van der Waals surface area contributed by atoms with E-state index in [0.717, 1.165) is 0 Å². The molecule has 4 N–H and O–H groups in total. The van der Waals surface area contributed by atoms with Gasteiger partial charge in [0, 0.05) is 19.2 Å². The second-order valence-corrected chi connectivity index (χ2v) is 3.35. The van der Waals surface area contributed by atoms with E-state index in [1.165, 1.54) is 6.33 Å². The normalized spacial score (nSPS) is 9.82. The number of nitrogens with two attached hydrogens (primary N) is 1. The molecule has 7 nitrogen and oxygen atoms in total. The van der Waals surface area contributed by atoms with Crippen molar-refractivity contribution in [3.8, 4) is 0 Å². The van der Waals surface area contributed by atoms with E-state index in [-0.39, 0.29) is 12.5 Å². The van der Waals surface area contributed by atoms with Crippen molar-refractivity contribution in [3.05, 3.63) is 12.4 Å². The number of likely N-dealkylation sites (N-methyl/N-ethyl adjacent to an activating group) is 1. The Balaban J connectivity index is 2.52. The molecule has 0 saturated heterocycles. The number of hydrogen-bond donors (Lipinski definition) is 3. The number of hydrazine groups is 1. The lowest BCUT2D eigenvalue weighted by atomic mass is 10.4. The predicted octanol–water partition coefficient (Wildman–Crippen LogP) is 0.0425. The van der Waals surface area contributed by atoms with E-state index in [4.69, 9.17) is 5.84 Å². The number of nitrogen functional groups attached to an aromatic ring is 1. The van der Waals surface area contributed by atoms with Gasteiger partial charge in [0.1, 0.15) is 18.0 Å². The highest BCUT2D eigenvalue weighted by atomic mass is 16.2. The average molecular weight is 238 g/mol. The van der Waals surface area contributed by atoms with Crippen molar-refractivity contribution in [2.45, 2.75) is 13.8 Å². The fourth-order valence-corrected chi connectivity index (χ4v) is 1.39. The maximum absolute atomic E-state index is 11.7. The molecule has 0 fully saturated rings. The first-order valence-electron chi connectivity index (χ1n) is 5.51. The smallest absolute Gasteiger partial charge is 0.241 e. The van der Waals surface area contributed by atoms with Crippen LogP contribution >= 0.6 is 0 Å². The summed E-state index contributed by atoms with van der Waals surface area (Å²) in [6, 6.07) is 1.63. The molecule has 1 rings (SSSR count). The lowest BCUT2D eigenvalue weighted by Crippen LogP contribution is -2.35. The number of nitrogens with one attached hydrogen (secondary N) is 2. The van der Waals surface area contributed by atoms with E-state index in [0.29, 0.717) is 24.7 Å². The summed E-state index contributed by atoms with van der Waals surface area (Å²) in [5.74, 6) is 6.32. The summed E-state index contributed by atoms with van der Waals surface area (Å²) < 4.78 is 0. The van der Waals surface area contributed by atoms with Crippen molar-refractivity contribution >= 4 is 17.5 Å². The zero-order valence-corrected chi connectivity index (χ0v) is 10.1. The van der Waals surface area contributed by atoms with Gasteiger partial charge in [-0.2, -0.15) is 0 Å². The van der Waals surface area contributed by atoms with Gasteiger partial charge in [-0.1, -0.05) is 0 Å². The number of nitrogens with zero attached hydrogens (tertiary/aromatic N) is 3. The van der Waals surface area contributed by atoms with Crippen molar-refractivity contribution < 1.29 is 4.79 Å². The van der Waals surface area contributed by atoms with Crippen molar-refractivity contribution in [3.63, 3.8) is 0 Å². The Morgan fingerprint density at radius 1 is 1.35 bits per heavy atom. The zero-order valence-electron chi connectivity index (χ0n) is 10.1. The predicted molar refractivity (Wildman–Crippen MR) is 66.3 cm³/mol. The molecule has 0 bridgehead atoms. The van der Waals surface area contributed by atoms with Gasteiger partial charge in [-0.15, -0.1) is 0 Å².